The van der Waals surface area contributed by atoms with Crippen LogP contribution in [-0.2, 0) is 0 Å². The summed E-state index contributed by atoms with van der Waals surface area (Å²) in [6, 6.07) is 23.5. The van der Waals surface area contributed by atoms with E-state index in [1.54, 1.807) is 0 Å². The lowest BCUT2D eigenvalue weighted by Gasteiger charge is -2.34. The molecule has 1 aliphatic heterocycles. The van der Waals surface area contributed by atoms with E-state index in [0.29, 0.717) is 6.04 Å². The van der Waals surface area contributed by atoms with Crippen molar-refractivity contribution in [2.24, 2.45) is 0 Å². The molecule has 0 saturated carbocycles. The van der Waals surface area contributed by atoms with E-state index < -0.39 is 0 Å². The van der Waals surface area contributed by atoms with Crippen LogP contribution in [0.25, 0.3) is 22.3 Å². The second-order valence-corrected chi connectivity index (χ2v) is 8.92. The molecule has 0 saturated heterocycles. The maximum absolute atomic E-state index is 2.57. The summed E-state index contributed by atoms with van der Waals surface area (Å²) in [6.45, 7) is 17.6. The molecule has 3 nitrogen and oxygen atoms in total. The molecule has 3 aromatic rings. The smallest absolute Gasteiger partial charge is 0.0494 e. The van der Waals surface area contributed by atoms with Gasteiger partial charge in [0.2, 0.25) is 0 Å². The van der Waals surface area contributed by atoms with Crippen LogP contribution < -0.4 is 14.7 Å². The summed E-state index contributed by atoms with van der Waals surface area (Å²) >= 11 is 0. The van der Waals surface area contributed by atoms with Crippen molar-refractivity contribution < 1.29 is 0 Å². The van der Waals surface area contributed by atoms with Crippen molar-refractivity contribution in [2.75, 3.05) is 40.9 Å². The van der Waals surface area contributed by atoms with Crippen molar-refractivity contribution in [3.8, 4) is 22.3 Å². The van der Waals surface area contributed by atoms with Crippen LogP contribution in [0, 0.1) is 0 Å². The molecule has 3 heteroatoms. The number of benzene rings is 3. The Kier molecular flexibility index (Phi) is 6.97. The highest BCUT2D eigenvalue weighted by molar-refractivity contribution is 6.01. The van der Waals surface area contributed by atoms with E-state index in [1.807, 2.05) is 0 Å². The highest BCUT2D eigenvalue weighted by atomic mass is 15.2. The molecule has 0 amide bonds. The predicted molar refractivity (Wildman–Crippen MR) is 146 cm³/mol. The van der Waals surface area contributed by atoms with Gasteiger partial charge in [-0.15, -0.1) is 0 Å². The van der Waals surface area contributed by atoms with Crippen molar-refractivity contribution in [3.63, 3.8) is 0 Å². The van der Waals surface area contributed by atoms with Crippen molar-refractivity contribution in [1.29, 1.82) is 0 Å². The normalized spacial score (nSPS) is 13.0. The molecule has 1 atom stereocenters. The summed E-state index contributed by atoms with van der Waals surface area (Å²) < 4.78 is 0. The maximum Gasteiger partial charge on any atom is 0.0494 e. The Morgan fingerprint density at radius 3 is 1.39 bits per heavy atom. The number of anilines is 4. The first kappa shape index (κ1) is 23.2. The molecule has 0 N–H and O–H groups in total. The average Bonchev–Trinajstić information content (AvgIpc) is 2.98. The molecule has 0 spiro atoms. The fourth-order valence-corrected chi connectivity index (χ4v) is 5.21. The van der Waals surface area contributed by atoms with Gasteiger partial charge in [0.05, 0.1) is 0 Å². The molecular weight excluding hydrogens is 402 g/mol. The Balaban J connectivity index is 2.03. The first-order valence-electron chi connectivity index (χ1n) is 12.7. The van der Waals surface area contributed by atoms with Gasteiger partial charge in [0.1, 0.15) is 0 Å². The fourth-order valence-electron chi connectivity index (χ4n) is 5.21. The minimum atomic E-state index is 0.399. The zero-order valence-corrected chi connectivity index (χ0v) is 21.2. The number of nitrogens with zero attached hydrogens (tertiary/aromatic N) is 3. The summed E-state index contributed by atoms with van der Waals surface area (Å²) in [7, 11) is 0. The molecule has 33 heavy (non-hydrogen) atoms. The summed E-state index contributed by atoms with van der Waals surface area (Å²) in [4.78, 5) is 7.45. The third-order valence-electron chi connectivity index (χ3n) is 7.28. The summed E-state index contributed by atoms with van der Waals surface area (Å²) in [5.74, 6) is 0. The maximum atomic E-state index is 2.57. The molecular formula is C30H39N3. The standard InChI is InChI=1S/C30H39N3/c1-7-22(6)33-29-18-16-23(31(8-2)9-3)20-27(29)25-14-12-13-15-26(25)28-21-24(17-19-30(28)33)32(10-4)11-5/h12-22H,7-11H2,1-6H3. The lowest BCUT2D eigenvalue weighted by molar-refractivity contribution is 0.689. The molecule has 0 aliphatic carbocycles. The van der Waals surface area contributed by atoms with Crippen LogP contribution in [-0.4, -0.2) is 32.2 Å². The highest BCUT2D eigenvalue weighted by Crippen LogP contribution is 2.50. The molecule has 1 unspecified atom stereocenters. The van der Waals surface area contributed by atoms with Crippen molar-refractivity contribution >= 4 is 22.7 Å². The van der Waals surface area contributed by atoms with Crippen molar-refractivity contribution in [1.82, 2.24) is 0 Å². The predicted octanol–water partition coefficient (Wildman–Crippen LogP) is 7.96. The summed E-state index contributed by atoms with van der Waals surface area (Å²) in [5, 5.41) is 0. The Morgan fingerprint density at radius 1 is 0.606 bits per heavy atom. The lowest BCUT2D eigenvalue weighted by atomic mass is 9.94. The van der Waals surface area contributed by atoms with Gasteiger partial charge in [0.25, 0.3) is 0 Å². The van der Waals surface area contributed by atoms with Crippen LogP contribution in [0.15, 0.2) is 60.7 Å². The van der Waals surface area contributed by atoms with E-state index >= 15 is 0 Å². The minimum Gasteiger partial charge on any atom is -0.372 e. The van der Waals surface area contributed by atoms with E-state index in [2.05, 4.69) is 117 Å². The van der Waals surface area contributed by atoms with Crippen LogP contribution in [0.5, 0.6) is 0 Å². The van der Waals surface area contributed by atoms with Crippen LogP contribution in [0.2, 0.25) is 0 Å². The number of fused-ring (bicyclic) bond motifs is 5. The number of rotatable bonds is 8. The molecule has 1 heterocycles. The van der Waals surface area contributed by atoms with E-state index in [9.17, 15) is 0 Å². The Morgan fingerprint density at radius 2 is 1.03 bits per heavy atom. The third kappa shape index (κ3) is 4.10. The van der Waals surface area contributed by atoms with Crippen LogP contribution in [0.4, 0.5) is 22.7 Å². The zero-order chi connectivity index (χ0) is 23.5. The van der Waals surface area contributed by atoms with Crippen molar-refractivity contribution in [2.45, 2.75) is 54.0 Å². The first-order valence-corrected chi connectivity index (χ1v) is 12.7. The molecule has 4 rings (SSSR count). The van der Waals surface area contributed by atoms with E-state index in [1.165, 1.54) is 45.0 Å². The lowest BCUT2D eigenvalue weighted by Crippen LogP contribution is -2.29. The second kappa shape index (κ2) is 9.91. The van der Waals surface area contributed by atoms with E-state index in [4.69, 9.17) is 0 Å². The Labute approximate surface area is 200 Å². The molecule has 0 radical (unpaired) electrons. The fraction of sp³-hybridized carbons (Fsp3) is 0.400. The molecule has 3 aromatic carbocycles. The topological polar surface area (TPSA) is 9.72 Å². The van der Waals surface area contributed by atoms with E-state index in [-0.39, 0.29) is 0 Å². The molecule has 0 bridgehead atoms. The monoisotopic (exact) mass is 441 g/mol. The van der Waals surface area contributed by atoms with Gasteiger partial charge >= 0.3 is 0 Å². The van der Waals surface area contributed by atoms with Gasteiger partial charge in [-0.1, -0.05) is 31.2 Å². The Hall–Kier alpha value is -2.94. The molecule has 0 aromatic heterocycles. The van der Waals surface area contributed by atoms with E-state index in [0.717, 1.165) is 32.6 Å². The summed E-state index contributed by atoms with van der Waals surface area (Å²) in [5.41, 5.74) is 10.5. The third-order valence-corrected chi connectivity index (χ3v) is 7.28. The van der Waals surface area contributed by atoms with Gasteiger partial charge in [0.15, 0.2) is 0 Å². The molecule has 0 fully saturated rings. The van der Waals surface area contributed by atoms with Gasteiger partial charge in [-0.25, -0.2) is 0 Å². The van der Waals surface area contributed by atoms with Gasteiger partial charge in [-0.3, -0.25) is 0 Å². The minimum absolute atomic E-state index is 0.399. The van der Waals surface area contributed by atoms with Gasteiger partial charge in [-0.05, 0) is 88.6 Å². The summed E-state index contributed by atoms with van der Waals surface area (Å²) in [6.07, 6.45) is 1.09. The van der Waals surface area contributed by atoms with Gasteiger partial charge in [-0.2, -0.15) is 0 Å². The second-order valence-electron chi connectivity index (χ2n) is 8.92. The van der Waals surface area contributed by atoms with Gasteiger partial charge in [0, 0.05) is 66.1 Å². The van der Waals surface area contributed by atoms with Crippen LogP contribution in [0.3, 0.4) is 0 Å². The number of hydrogen-bond donors (Lipinski definition) is 0. The average molecular weight is 442 g/mol. The highest BCUT2D eigenvalue weighted by Gasteiger charge is 2.28. The van der Waals surface area contributed by atoms with Gasteiger partial charge < -0.3 is 14.7 Å². The first-order chi connectivity index (χ1) is 16.1. The molecule has 174 valence electrons. The zero-order valence-electron chi connectivity index (χ0n) is 21.2. The van der Waals surface area contributed by atoms with Crippen molar-refractivity contribution in [3.05, 3.63) is 60.7 Å². The molecule has 1 aliphatic rings. The Bertz CT molecular complexity index is 1010. The SMILES string of the molecule is CCC(C)N1c2ccc(N(CC)CC)cc2-c2ccccc2-c2cc(N(CC)CC)ccc21. The quantitative estimate of drug-likeness (QED) is 0.351. The largest absolute Gasteiger partial charge is 0.372 e. The number of hydrogen-bond acceptors (Lipinski definition) is 3. The van der Waals surface area contributed by atoms with Crippen LogP contribution >= 0.6 is 0 Å². The van der Waals surface area contributed by atoms with Crippen LogP contribution in [0.1, 0.15) is 48.0 Å².